The number of anilines is 2. The number of aromatic nitrogens is 3. The lowest BCUT2D eigenvalue weighted by Crippen LogP contribution is -2.68. The number of likely N-dealkylation sites (N-methyl/N-ethyl adjacent to an activating group) is 1. The van der Waals surface area contributed by atoms with Crippen LogP contribution in [-0.2, 0) is 22.9 Å². The molecule has 1 saturated heterocycles. The normalized spacial score (nSPS) is 18.1. The van der Waals surface area contributed by atoms with Crippen LogP contribution in [0.1, 0.15) is 35.3 Å². The van der Waals surface area contributed by atoms with Gasteiger partial charge in [-0.05, 0) is 32.2 Å². The Morgan fingerprint density at radius 2 is 1.83 bits per heavy atom. The Balaban J connectivity index is 1.56. The molecule has 1 amide bonds. The molecule has 2 aliphatic heterocycles. The van der Waals surface area contributed by atoms with Gasteiger partial charge in [0.15, 0.2) is 0 Å². The topological polar surface area (TPSA) is 74.2 Å². The molecule has 0 aliphatic carbocycles. The molecule has 0 saturated carbocycles. The molecule has 7 nitrogen and oxygen atoms in total. The highest BCUT2D eigenvalue weighted by atomic mass is 19.4. The van der Waals surface area contributed by atoms with Crippen LogP contribution in [0, 0.1) is 11.8 Å². The van der Waals surface area contributed by atoms with Gasteiger partial charge in [-0.25, -0.2) is 19.3 Å². The molecule has 1 N–H and O–H groups in total. The maximum atomic E-state index is 14.8. The lowest BCUT2D eigenvalue weighted by molar-refractivity contribution is -0.140. The summed E-state index contributed by atoms with van der Waals surface area (Å²) in [6, 6.07) is 5.13. The van der Waals surface area contributed by atoms with Crippen molar-refractivity contribution in [2.75, 3.05) is 30.4 Å². The van der Waals surface area contributed by atoms with Crippen LogP contribution < -0.4 is 10.2 Å². The van der Waals surface area contributed by atoms with Crippen LogP contribution in [0.25, 0.3) is 0 Å². The van der Waals surface area contributed by atoms with Gasteiger partial charge in [-0.2, -0.15) is 17.6 Å². The largest absolute Gasteiger partial charge is 0.419 e. The number of rotatable bonds is 4. The minimum atomic E-state index is -4.84. The van der Waals surface area contributed by atoms with Gasteiger partial charge in [0.1, 0.15) is 23.4 Å². The number of nitrogens with zero attached hydrogens (tertiary/aromatic N) is 5. The van der Waals surface area contributed by atoms with E-state index in [1.54, 1.807) is 0 Å². The van der Waals surface area contributed by atoms with Gasteiger partial charge in [0.25, 0.3) is 0 Å². The number of carbonyl (C=O) groups excluding carboxylic acids is 1. The van der Waals surface area contributed by atoms with E-state index < -0.39 is 35.0 Å². The first-order chi connectivity index (χ1) is 17.0. The maximum absolute atomic E-state index is 14.8. The summed E-state index contributed by atoms with van der Waals surface area (Å²) in [6.45, 7) is 2.09. The number of fused-ring (bicyclic) bond motifs is 2. The van der Waals surface area contributed by atoms with E-state index in [1.165, 1.54) is 42.5 Å². The summed E-state index contributed by atoms with van der Waals surface area (Å²) in [7, 11) is 1.83. The number of amides is 1. The van der Waals surface area contributed by atoms with E-state index in [0.29, 0.717) is 30.4 Å². The summed E-state index contributed by atoms with van der Waals surface area (Å²) in [5.41, 5.74) is -1.67. The molecule has 3 aromatic rings. The number of hydrogen-bond donors (Lipinski definition) is 1. The lowest BCUT2D eigenvalue weighted by Gasteiger charge is -2.51. The van der Waals surface area contributed by atoms with Gasteiger partial charge in [-0.3, -0.25) is 4.79 Å². The monoisotopic (exact) mass is 504 g/mol. The summed E-state index contributed by atoms with van der Waals surface area (Å²) in [4.78, 5) is 29.1. The van der Waals surface area contributed by atoms with E-state index >= 15 is 0 Å². The van der Waals surface area contributed by atoms with Crippen molar-refractivity contribution in [1.29, 1.82) is 0 Å². The van der Waals surface area contributed by atoms with Crippen LogP contribution in [0.5, 0.6) is 0 Å². The zero-order valence-corrected chi connectivity index (χ0v) is 19.3. The SMILES string of the molecule is C[C@@H](Nc1ncnc2c1CN(c1cccnc1F)C(=O)C21CN(C)C1)c1cccc(C(F)(F)F)c1F. The third kappa shape index (κ3) is 3.76. The van der Waals surface area contributed by atoms with Gasteiger partial charge in [-0.1, -0.05) is 12.1 Å². The molecule has 1 aromatic carbocycles. The third-order valence-electron chi connectivity index (χ3n) is 6.63. The fraction of sp³-hybridized carbons (Fsp3) is 0.333. The molecule has 1 atom stereocenters. The summed E-state index contributed by atoms with van der Waals surface area (Å²) >= 11 is 0. The van der Waals surface area contributed by atoms with Gasteiger partial charge in [-0.15, -0.1) is 0 Å². The molecule has 12 heteroatoms. The van der Waals surface area contributed by atoms with E-state index in [9.17, 15) is 26.7 Å². The molecule has 36 heavy (non-hydrogen) atoms. The summed E-state index contributed by atoms with van der Waals surface area (Å²) < 4.78 is 69.0. The zero-order chi connectivity index (χ0) is 25.8. The van der Waals surface area contributed by atoms with Crippen molar-refractivity contribution >= 4 is 17.4 Å². The van der Waals surface area contributed by atoms with Crippen LogP contribution in [0.15, 0.2) is 42.9 Å². The van der Waals surface area contributed by atoms with Gasteiger partial charge >= 0.3 is 6.18 Å². The van der Waals surface area contributed by atoms with Gasteiger partial charge in [0.2, 0.25) is 11.9 Å². The van der Waals surface area contributed by atoms with Crippen molar-refractivity contribution in [2.45, 2.75) is 31.1 Å². The van der Waals surface area contributed by atoms with Crippen LogP contribution in [0.4, 0.5) is 33.5 Å². The quantitative estimate of drug-likeness (QED) is 0.427. The lowest BCUT2D eigenvalue weighted by atomic mass is 9.71. The minimum Gasteiger partial charge on any atom is -0.363 e. The molecular weight excluding hydrogens is 483 g/mol. The Morgan fingerprint density at radius 3 is 2.50 bits per heavy atom. The molecule has 1 fully saturated rings. The highest BCUT2D eigenvalue weighted by molar-refractivity contribution is 6.04. The van der Waals surface area contributed by atoms with E-state index in [0.717, 1.165) is 6.07 Å². The van der Waals surface area contributed by atoms with Gasteiger partial charge in [0, 0.05) is 30.4 Å². The third-order valence-corrected chi connectivity index (χ3v) is 6.63. The maximum Gasteiger partial charge on any atom is 0.419 e. The number of hydrogen-bond acceptors (Lipinski definition) is 6. The van der Waals surface area contributed by atoms with Crippen molar-refractivity contribution in [3.8, 4) is 0 Å². The Hall–Kier alpha value is -3.67. The van der Waals surface area contributed by atoms with Crippen molar-refractivity contribution in [1.82, 2.24) is 19.9 Å². The van der Waals surface area contributed by atoms with Gasteiger partial charge in [0.05, 0.1) is 29.5 Å². The molecule has 2 aromatic heterocycles. The van der Waals surface area contributed by atoms with Gasteiger partial charge < -0.3 is 15.1 Å². The molecular formula is C24H21F5N6O. The van der Waals surface area contributed by atoms with Crippen molar-refractivity contribution in [3.05, 3.63) is 77.0 Å². The first kappa shape index (κ1) is 24.0. The zero-order valence-electron chi connectivity index (χ0n) is 19.3. The number of benzene rings is 1. The van der Waals surface area contributed by atoms with E-state index in [1.807, 2.05) is 11.9 Å². The highest BCUT2D eigenvalue weighted by Crippen LogP contribution is 2.44. The van der Waals surface area contributed by atoms with Crippen LogP contribution >= 0.6 is 0 Å². The number of nitrogens with one attached hydrogen (secondary N) is 1. The smallest absolute Gasteiger partial charge is 0.363 e. The molecule has 0 radical (unpaired) electrons. The van der Waals surface area contributed by atoms with Crippen molar-refractivity contribution in [2.24, 2.45) is 0 Å². The number of halogens is 5. The number of carbonyl (C=O) groups is 1. The molecule has 0 unspecified atom stereocenters. The summed E-state index contributed by atoms with van der Waals surface area (Å²) in [6.07, 6.45) is -2.31. The molecule has 1 spiro atoms. The second-order valence-corrected chi connectivity index (χ2v) is 9.08. The molecule has 5 rings (SSSR count). The van der Waals surface area contributed by atoms with Crippen molar-refractivity contribution < 1.29 is 26.7 Å². The van der Waals surface area contributed by atoms with E-state index in [2.05, 4.69) is 20.3 Å². The first-order valence-electron chi connectivity index (χ1n) is 11.1. The van der Waals surface area contributed by atoms with E-state index in [4.69, 9.17) is 0 Å². The second-order valence-electron chi connectivity index (χ2n) is 9.08. The first-order valence-corrected chi connectivity index (χ1v) is 11.1. The Kier molecular flexibility index (Phi) is 5.66. The standard InChI is InChI=1S/C24H21F5N6O/c1-13(14-5-3-6-16(18(14)25)24(27,28)29)33-21-15-9-35(17-7-4-8-30-20(17)26)22(36)23(10-34(2)11-23)19(15)31-12-32-21/h3-8,12-13H,9-11H2,1-2H3,(H,31,32,33)/t13-/m1/s1. The summed E-state index contributed by atoms with van der Waals surface area (Å²) in [5.74, 6) is -2.30. The Morgan fingerprint density at radius 1 is 1.08 bits per heavy atom. The molecule has 0 bridgehead atoms. The Labute approximate surface area is 203 Å². The highest BCUT2D eigenvalue weighted by Gasteiger charge is 2.56. The summed E-state index contributed by atoms with van der Waals surface area (Å²) in [5, 5.41) is 2.99. The number of alkyl halides is 3. The minimum absolute atomic E-state index is 0.00569. The fourth-order valence-electron chi connectivity index (χ4n) is 5.01. The second kappa shape index (κ2) is 8.47. The van der Waals surface area contributed by atoms with Crippen LogP contribution in [-0.4, -0.2) is 45.9 Å². The number of likely N-dealkylation sites (tertiary alicyclic amines) is 1. The predicted molar refractivity (Wildman–Crippen MR) is 120 cm³/mol. The molecule has 2 aliphatic rings. The van der Waals surface area contributed by atoms with E-state index in [-0.39, 0.29) is 29.5 Å². The van der Waals surface area contributed by atoms with Crippen LogP contribution in [0.3, 0.4) is 0 Å². The average molecular weight is 504 g/mol. The predicted octanol–water partition coefficient (Wildman–Crippen LogP) is 4.07. The molecule has 4 heterocycles. The fourth-order valence-corrected chi connectivity index (χ4v) is 5.01. The molecule has 188 valence electrons. The van der Waals surface area contributed by atoms with Crippen LogP contribution in [0.2, 0.25) is 0 Å². The number of pyridine rings is 1. The average Bonchev–Trinajstić information content (AvgIpc) is 2.80. The van der Waals surface area contributed by atoms with Crippen molar-refractivity contribution in [3.63, 3.8) is 0 Å². The Bertz CT molecular complexity index is 1340.